The molecule has 1 aliphatic rings. The maximum absolute atomic E-state index is 13.7. The first-order valence-corrected chi connectivity index (χ1v) is 13.2. The lowest BCUT2D eigenvalue weighted by Gasteiger charge is -2.35. The van der Waals surface area contributed by atoms with E-state index < -0.39 is 0 Å². The van der Waals surface area contributed by atoms with Crippen LogP contribution in [0.2, 0.25) is 0 Å². The molecule has 1 fully saturated rings. The number of hydrogen-bond donors (Lipinski definition) is 0. The van der Waals surface area contributed by atoms with E-state index in [0.29, 0.717) is 6.54 Å². The van der Waals surface area contributed by atoms with E-state index in [1.807, 2.05) is 42.5 Å². The summed E-state index contributed by atoms with van der Waals surface area (Å²) in [6.07, 6.45) is 2.52. The van der Waals surface area contributed by atoms with Gasteiger partial charge in [-0.25, -0.2) is 0 Å². The van der Waals surface area contributed by atoms with Gasteiger partial charge in [-0.1, -0.05) is 84.9 Å². The minimum atomic E-state index is 0.0370. The van der Waals surface area contributed by atoms with Crippen LogP contribution in [0.4, 0.5) is 5.82 Å². The number of amides is 1. The van der Waals surface area contributed by atoms with Crippen molar-refractivity contribution in [2.45, 2.75) is 32.7 Å². The van der Waals surface area contributed by atoms with Gasteiger partial charge in [0.15, 0.2) is 5.82 Å². The van der Waals surface area contributed by atoms with Crippen molar-refractivity contribution in [3.8, 4) is 11.3 Å². The fraction of sp³-hybridized carbons (Fsp3) is 0.281. The summed E-state index contributed by atoms with van der Waals surface area (Å²) in [5, 5.41) is 9.02. The van der Waals surface area contributed by atoms with E-state index in [1.54, 1.807) is 0 Å². The molecule has 37 heavy (non-hydrogen) atoms. The summed E-state index contributed by atoms with van der Waals surface area (Å²) < 4.78 is 0. The van der Waals surface area contributed by atoms with Crippen LogP contribution in [0.15, 0.2) is 97.1 Å². The number of rotatable bonds is 8. The molecule has 4 aromatic rings. The normalized spacial score (nSPS) is 13.9. The van der Waals surface area contributed by atoms with Crippen LogP contribution in [0, 0.1) is 12.8 Å². The van der Waals surface area contributed by atoms with E-state index in [2.05, 4.69) is 81.5 Å². The van der Waals surface area contributed by atoms with Crippen molar-refractivity contribution in [1.82, 2.24) is 15.1 Å². The molecule has 0 atom stereocenters. The Morgan fingerprint density at radius 1 is 0.811 bits per heavy atom. The predicted octanol–water partition coefficient (Wildman–Crippen LogP) is 5.94. The first kappa shape index (κ1) is 24.7. The van der Waals surface area contributed by atoms with Crippen molar-refractivity contribution in [3.05, 3.63) is 114 Å². The van der Waals surface area contributed by atoms with Crippen LogP contribution in [-0.4, -0.2) is 40.6 Å². The molecule has 0 aliphatic carbocycles. The minimum absolute atomic E-state index is 0.0370. The van der Waals surface area contributed by atoms with E-state index in [0.717, 1.165) is 56.0 Å². The van der Waals surface area contributed by atoms with Gasteiger partial charge < -0.3 is 9.80 Å². The van der Waals surface area contributed by atoms with Crippen molar-refractivity contribution in [2.24, 2.45) is 5.92 Å². The van der Waals surface area contributed by atoms with Crippen molar-refractivity contribution < 1.29 is 4.79 Å². The van der Waals surface area contributed by atoms with Crippen LogP contribution in [0.5, 0.6) is 0 Å². The Morgan fingerprint density at radius 2 is 1.46 bits per heavy atom. The highest BCUT2D eigenvalue weighted by atomic mass is 16.2. The fourth-order valence-corrected chi connectivity index (χ4v) is 5.09. The van der Waals surface area contributed by atoms with Gasteiger partial charge in [0.25, 0.3) is 0 Å². The quantitative estimate of drug-likeness (QED) is 0.307. The van der Waals surface area contributed by atoms with Crippen LogP contribution < -0.4 is 4.90 Å². The Kier molecular flexibility index (Phi) is 7.90. The van der Waals surface area contributed by atoms with Gasteiger partial charge in [-0.3, -0.25) is 4.79 Å². The van der Waals surface area contributed by atoms with E-state index >= 15 is 0 Å². The Labute approximate surface area is 219 Å². The zero-order chi connectivity index (χ0) is 25.5. The second kappa shape index (κ2) is 11.8. The molecule has 1 saturated heterocycles. The number of nitrogens with zero attached hydrogens (tertiary/aromatic N) is 4. The molecule has 0 N–H and O–H groups in total. The summed E-state index contributed by atoms with van der Waals surface area (Å²) in [4.78, 5) is 18.0. The first-order valence-electron chi connectivity index (χ1n) is 13.2. The zero-order valence-electron chi connectivity index (χ0n) is 21.5. The van der Waals surface area contributed by atoms with Gasteiger partial charge in [-0.05, 0) is 55.0 Å². The standard InChI is InChI=1S/C32H34N4O/c1-25-10-8-9-15-29(25)30-16-17-31(34-33-30)35-22-19-28(20-23-35)32(37)36(24-27-13-6-3-7-14-27)21-18-26-11-4-2-5-12-26/h2-17,28H,18-24H2,1H3. The Morgan fingerprint density at radius 3 is 2.11 bits per heavy atom. The smallest absolute Gasteiger partial charge is 0.226 e. The fourth-order valence-electron chi connectivity index (χ4n) is 5.09. The molecule has 0 radical (unpaired) electrons. The summed E-state index contributed by atoms with van der Waals surface area (Å²) in [6.45, 7) is 5.09. The van der Waals surface area contributed by atoms with Crippen molar-refractivity contribution in [2.75, 3.05) is 24.5 Å². The van der Waals surface area contributed by atoms with Crippen molar-refractivity contribution in [1.29, 1.82) is 0 Å². The number of aromatic nitrogens is 2. The van der Waals surface area contributed by atoms with Gasteiger partial charge in [0.1, 0.15) is 0 Å². The minimum Gasteiger partial charge on any atom is -0.355 e. The summed E-state index contributed by atoms with van der Waals surface area (Å²) in [5.74, 6) is 1.18. The summed E-state index contributed by atoms with van der Waals surface area (Å²) in [5.41, 5.74) is 5.62. The third kappa shape index (κ3) is 6.23. The number of anilines is 1. The first-order chi connectivity index (χ1) is 18.2. The molecule has 5 heteroatoms. The van der Waals surface area contributed by atoms with Gasteiger partial charge in [0.2, 0.25) is 5.91 Å². The monoisotopic (exact) mass is 490 g/mol. The largest absolute Gasteiger partial charge is 0.355 e. The van der Waals surface area contributed by atoms with Gasteiger partial charge >= 0.3 is 0 Å². The number of hydrogen-bond acceptors (Lipinski definition) is 4. The highest BCUT2D eigenvalue weighted by Crippen LogP contribution is 2.26. The molecule has 0 unspecified atom stereocenters. The van der Waals surface area contributed by atoms with Crippen LogP contribution in [-0.2, 0) is 17.8 Å². The molecule has 1 amide bonds. The molecule has 5 nitrogen and oxygen atoms in total. The average molecular weight is 491 g/mol. The lowest BCUT2D eigenvalue weighted by molar-refractivity contribution is -0.136. The average Bonchev–Trinajstić information content (AvgIpc) is 2.96. The molecule has 1 aliphatic heterocycles. The third-order valence-corrected chi connectivity index (χ3v) is 7.28. The predicted molar refractivity (Wildman–Crippen MR) is 149 cm³/mol. The summed E-state index contributed by atoms with van der Waals surface area (Å²) in [6, 6.07) is 33.1. The molecule has 1 aromatic heterocycles. The second-order valence-corrected chi connectivity index (χ2v) is 9.83. The molecule has 0 saturated carbocycles. The highest BCUT2D eigenvalue weighted by molar-refractivity contribution is 5.79. The number of carbonyl (C=O) groups excluding carboxylic acids is 1. The van der Waals surface area contributed by atoms with E-state index in [9.17, 15) is 4.79 Å². The summed E-state index contributed by atoms with van der Waals surface area (Å²) in [7, 11) is 0. The van der Waals surface area contributed by atoms with Gasteiger partial charge in [-0.2, -0.15) is 0 Å². The highest BCUT2D eigenvalue weighted by Gasteiger charge is 2.29. The van der Waals surface area contributed by atoms with Crippen LogP contribution in [0.25, 0.3) is 11.3 Å². The van der Waals surface area contributed by atoms with Crippen molar-refractivity contribution in [3.63, 3.8) is 0 Å². The molecular formula is C32H34N4O. The maximum atomic E-state index is 13.7. The molecule has 188 valence electrons. The van der Waals surface area contributed by atoms with Crippen LogP contribution in [0.3, 0.4) is 0 Å². The molecule has 5 rings (SSSR count). The maximum Gasteiger partial charge on any atom is 0.226 e. The van der Waals surface area contributed by atoms with E-state index in [1.165, 1.54) is 16.7 Å². The number of benzene rings is 3. The summed E-state index contributed by atoms with van der Waals surface area (Å²) >= 11 is 0. The van der Waals surface area contributed by atoms with E-state index in [-0.39, 0.29) is 11.8 Å². The van der Waals surface area contributed by atoms with Crippen LogP contribution in [0.1, 0.15) is 29.5 Å². The molecule has 2 heterocycles. The van der Waals surface area contributed by atoms with Crippen LogP contribution >= 0.6 is 0 Å². The van der Waals surface area contributed by atoms with Gasteiger partial charge in [-0.15, -0.1) is 10.2 Å². The number of piperidine rings is 1. The third-order valence-electron chi connectivity index (χ3n) is 7.28. The Hall–Kier alpha value is -3.99. The lowest BCUT2D eigenvalue weighted by atomic mass is 9.94. The molecule has 3 aromatic carbocycles. The number of aryl methyl sites for hydroxylation is 1. The molecule has 0 spiro atoms. The molecular weight excluding hydrogens is 456 g/mol. The Balaban J connectivity index is 1.22. The topological polar surface area (TPSA) is 49.3 Å². The van der Waals surface area contributed by atoms with Gasteiger partial charge in [0.05, 0.1) is 5.69 Å². The zero-order valence-corrected chi connectivity index (χ0v) is 21.5. The lowest BCUT2D eigenvalue weighted by Crippen LogP contribution is -2.43. The Bertz CT molecular complexity index is 1280. The molecule has 0 bridgehead atoms. The number of carbonyl (C=O) groups is 1. The van der Waals surface area contributed by atoms with Crippen molar-refractivity contribution >= 4 is 11.7 Å². The SMILES string of the molecule is Cc1ccccc1-c1ccc(N2CCC(C(=O)N(CCc3ccccc3)Cc3ccccc3)CC2)nn1. The second-order valence-electron chi connectivity index (χ2n) is 9.83. The van der Waals surface area contributed by atoms with E-state index in [4.69, 9.17) is 0 Å². The van der Waals surface area contributed by atoms with Gasteiger partial charge in [0, 0.05) is 37.7 Å².